The third kappa shape index (κ3) is 5.48. The first kappa shape index (κ1) is 10.7. The molecular formula is C6H12N4O2. The van der Waals surface area contributed by atoms with E-state index in [-0.39, 0.29) is 12.6 Å². The molecule has 0 fully saturated rings. The Hall–Kier alpha value is -1.30. The highest BCUT2D eigenvalue weighted by molar-refractivity contribution is 5.69. The Morgan fingerprint density at radius 3 is 2.92 bits per heavy atom. The van der Waals surface area contributed by atoms with E-state index in [1.807, 2.05) is 0 Å². The van der Waals surface area contributed by atoms with Crippen molar-refractivity contribution in [3.63, 3.8) is 0 Å². The Balaban J connectivity index is 3.58. The molecule has 0 bridgehead atoms. The van der Waals surface area contributed by atoms with Gasteiger partial charge in [-0.3, -0.25) is 9.79 Å². The van der Waals surface area contributed by atoms with Gasteiger partial charge in [-0.1, -0.05) is 0 Å². The van der Waals surface area contributed by atoms with Crippen molar-refractivity contribution in [1.82, 2.24) is 5.32 Å². The van der Waals surface area contributed by atoms with Gasteiger partial charge < -0.3 is 10.4 Å². The zero-order valence-corrected chi connectivity index (χ0v) is 6.82. The number of nitrogens with one attached hydrogen (secondary N) is 2. The van der Waals surface area contributed by atoms with Gasteiger partial charge in [0.2, 0.25) is 0 Å². The minimum Gasteiger partial charge on any atom is -0.480 e. The molecule has 0 aliphatic heterocycles. The van der Waals surface area contributed by atoms with Gasteiger partial charge in [-0.25, -0.2) is 5.53 Å². The molecule has 0 rings (SSSR count). The molecule has 0 saturated heterocycles. The number of aliphatic imine (C=N–C) groups is 1. The number of nitrogens with zero attached hydrogens (tertiary/aromatic N) is 2. The number of hydrogen-bond acceptors (Lipinski definition) is 5. The van der Waals surface area contributed by atoms with E-state index in [4.69, 9.17) is 10.6 Å². The summed E-state index contributed by atoms with van der Waals surface area (Å²) in [6, 6.07) is -0.366. The molecule has 6 heteroatoms. The molecule has 0 heterocycles. The average Bonchev–Trinajstić information content (AvgIpc) is 2.02. The molecule has 0 aromatic rings. The molecular weight excluding hydrogens is 160 g/mol. The van der Waals surface area contributed by atoms with Crippen LogP contribution in [0.15, 0.2) is 10.1 Å². The van der Waals surface area contributed by atoms with Gasteiger partial charge in [0.25, 0.3) is 0 Å². The second kappa shape index (κ2) is 6.41. The van der Waals surface area contributed by atoms with Crippen LogP contribution in [0.2, 0.25) is 0 Å². The Morgan fingerprint density at radius 2 is 2.50 bits per heavy atom. The summed E-state index contributed by atoms with van der Waals surface area (Å²) in [4.78, 5) is 13.7. The first-order valence-corrected chi connectivity index (χ1v) is 3.42. The van der Waals surface area contributed by atoms with Crippen LogP contribution in [0.4, 0.5) is 0 Å². The maximum absolute atomic E-state index is 10.1. The minimum absolute atomic E-state index is 0.121. The van der Waals surface area contributed by atoms with E-state index in [2.05, 4.69) is 15.4 Å². The van der Waals surface area contributed by atoms with E-state index in [0.29, 0.717) is 6.54 Å². The second-order valence-electron chi connectivity index (χ2n) is 2.13. The van der Waals surface area contributed by atoms with Crippen molar-refractivity contribution in [2.75, 3.05) is 20.1 Å². The topological polar surface area (TPSA) is 97.9 Å². The third-order valence-corrected chi connectivity index (χ3v) is 1.12. The van der Waals surface area contributed by atoms with Crippen LogP contribution in [0.25, 0.3) is 0 Å². The zero-order valence-electron chi connectivity index (χ0n) is 6.82. The molecule has 0 radical (unpaired) electrons. The summed E-state index contributed by atoms with van der Waals surface area (Å²) < 4.78 is 0. The SMILES string of the molecule is CN=CC(CNCC(=O)O)N=N. The maximum atomic E-state index is 10.1. The third-order valence-electron chi connectivity index (χ3n) is 1.12. The van der Waals surface area contributed by atoms with E-state index in [9.17, 15) is 4.79 Å². The normalized spacial score (nSPS) is 13.1. The van der Waals surface area contributed by atoms with Crippen molar-refractivity contribution >= 4 is 12.2 Å². The molecule has 0 spiro atoms. The highest BCUT2D eigenvalue weighted by atomic mass is 16.4. The van der Waals surface area contributed by atoms with Crippen molar-refractivity contribution in [3.8, 4) is 0 Å². The van der Waals surface area contributed by atoms with Crippen LogP contribution in [0.1, 0.15) is 0 Å². The predicted molar refractivity (Wildman–Crippen MR) is 43.9 cm³/mol. The zero-order chi connectivity index (χ0) is 9.40. The number of carboxylic acid groups (broad SMARTS) is 1. The van der Waals surface area contributed by atoms with Crippen molar-refractivity contribution in [1.29, 1.82) is 5.53 Å². The highest BCUT2D eigenvalue weighted by Crippen LogP contribution is 1.83. The van der Waals surface area contributed by atoms with Crippen LogP contribution in [0.5, 0.6) is 0 Å². The molecule has 6 nitrogen and oxygen atoms in total. The molecule has 1 unspecified atom stereocenters. The van der Waals surface area contributed by atoms with Crippen LogP contribution in [0, 0.1) is 5.53 Å². The standard InChI is InChI=1S/C6H12N4O2/c1-8-2-5(10-7)3-9-4-6(11)12/h2,5,7,9H,3-4H2,1H3,(H,11,12). The summed E-state index contributed by atoms with van der Waals surface area (Å²) in [5.74, 6) is -0.924. The molecule has 0 aromatic carbocycles. The van der Waals surface area contributed by atoms with E-state index < -0.39 is 5.97 Å². The monoisotopic (exact) mass is 172 g/mol. The van der Waals surface area contributed by atoms with Crippen molar-refractivity contribution < 1.29 is 9.90 Å². The number of hydrogen-bond donors (Lipinski definition) is 3. The Morgan fingerprint density at radius 1 is 1.83 bits per heavy atom. The summed E-state index contributed by atoms with van der Waals surface area (Å²) in [6.45, 7) is 0.205. The largest absolute Gasteiger partial charge is 0.480 e. The van der Waals surface area contributed by atoms with Gasteiger partial charge in [0.1, 0.15) is 6.04 Å². The smallest absolute Gasteiger partial charge is 0.317 e. The first-order valence-electron chi connectivity index (χ1n) is 3.42. The summed E-state index contributed by atoms with van der Waals surface area (Å²) >= 11 is 0. The fourth-order valence-electron chi connectivity index (χ4n) is 0.631. The molecule has 0 saturated carbocycles. The second-order valence-corrected chi connectivity index (χ2v) is 2.13. The van der Waals surface area contributed by atoms with Gasteiger partial charge in [0, 0.05) is 19.8 Å². The summed E-state index contributed by atoms with van der Waals surface area (Å²) in [6.07, 6.45) is 1.49. The molecule has 0 amide bonds. The molecule has 0 aliphatic rings. The molecule has 68 valence electrons. The van der Waals surface area contributed by atoms with Gasteiger partial charge in [0.05, 0.1) is 6.54 Å². The van der Waals surface area contributed by atoms with Gasteiger partial charge in [-0.15, -0.1) is 0 Å². The molecule has 1 atom stereocenters. The molecule has 3 N–H and O–H groups in total. The maximum Gasteiger partial charge on any atom is 0.317 e. The lowest BCUT2D eigenvalue weighted by Crippen LogP contribution is -2.30. The van der Waals surface area contributed by atoms with Crippen LogP contribution in [-0.4, -0.2) is 43.5 Å². The molecule has 0 aliphatic carbocycles. The lowest BCUT2D eigenvalue weighted by molar-refractivity contribution is -0.135. The Labute approximate surface area is 70.2 Å². The van der Waals surface area contributed by atoms with Gasteiger partial charge in [-0.05, 0) is 0 Å². The van der Waals surface area contributed by atoms with E-state index >= 15 is 0 Å². The summed E-state index contributed by atoms with van der Waals surface area (Å²) in [5.41, 5.74) is 6.70. The van der Waals surface area contributed by atoms with Crippen molar-refractivity contribution in [3.05, 3.63) is 0 Å². The molecule has 0 aromatic heterocycles. The number of aliphatic carboxylic acids is 1. The fourth-order valence-corrected chi connectivity index (χ4v) is 0.631. The lowest BCUT2D eigenvalue weighted by Gasteiger charge is -2.03. The van der Waals surface area contributed by atoms with Gasteiger partial charge in [0.15, 0.2) is 0 Å². The van der Waals surface area contributed by atoms with Gasteiger partial charge in [-0.2, -0.15) is 5.11 Å². The van der Waals surface area contributed by atoms with Crippen LogP contribution in [-0.2, 0) is 4.79 Å². The fraction of sp³-hybridized carbons (Fsp3) is 0.667. The van der Waals surface area contributed by atoms with E-state index in [1.54, 1.807) is 7.05 Å². The summed E-state index contributed by atoms with van der Waals surface area (Å²) in [7, 11) is 1.58. The van der Waals surface area contributed by atoms with Crippen LogP contribution >= 0.6 is 0 Å². The first-order chi connectivity index (χ1) is 5.70. The summed E-state index contributed by atoms with van der Waals surface area (Å²) in [5, 5.41) is 14.1. The quantitative estimate of drug-likeness (QED) is 0.381. The van der Waals surface area contributed by atoms with Crippen LogP contribution in [0.3, 0.4) is 0 Å². The van der Waals surface area contributed by atoms with Crippen LogP contribution < -0.4 is 5.32 Å². The van der Waals surface area contributed by atoms with Crippen molar-refractivity contribution in [2.24, 2.45) is 10.1 Å². The average molecular weight is 172 g/mol. The van der Waals surface area contributed by atoms with E-state index in [1.165, 1.54) is 6.21 Å². The number of carbonyl (C=O) groups is 1. The lowest BCUT2D eigenvalue weighted by atomic mass is 10.3. The number of carboxylic acids is 1. The van der Waals surface area contributed by atoms with Gasteiger partial charge >= 0.3 is 5.97 Å². The Kier molecular flexibility index (Phi) is 5.72. The Bertz CT molecular complexity index is 180. The van der Waals surface area contributed by atoms with Crippen molar-refractivity contribution in [2.45, 2.75) is 6.04 Å². The molecule has 12 heavy (non-hydrogen) atoms. The minimum atomic E-state index is -0.924. The van der Waals surface area contributed by atoms with E-state index in [0.717, 1.165) is 0 Å². The number of rotatable bonds is 6. The predicted octanol–water partition coefficient (Wildman–Crippen LogP) is -0.239. The highest BCUT2D eigenvalue weighted by Gasteiger charge is 2.02.